The minimum Gasteiger partial charge on any atom is -0.493 e. The number of ether oxygens (including phenoxy) is 1. The molecule has 0 amide bonds. The fourth-order valence-electron chi connectivity index (χ4n) is 1.51. The van der Waals surface area contributed by atoms with Crippen molar-refractivity contribution >= 4 is 6.29 Å². The number of para-hydroxylation sites is 1. The third-order valence-corrected chi connectivity index (χ3v) is 2.63. The minimum absolute atomic E-state index is 0.483. The summed E-state index contributed by atoms with van der Waals surface area (Å²) in [6.07, 6.45) is 3.12. The molecule has 0 saturated heterocycles. The molecule has 1 aromatic rings. The maximum Gasteiger partial charge on any atom is 0.130 e. The van der Waals surface area contributed by atoms with E-state index in [1.807, 2.05) is 38.1 Å². The Balaban J connectivity index is 2.87. The Hall–Kier alpha value is -1.31. The second-order valence-electron chi connectivity index (χ2n) is 4.54. The number of aldehydes is 1. The van der Waals surface area contributed by atoms with Crippen molar-refractivity contribution in [3.05, 3.63) is 29.8 Å². The molecule has 1 rings (SSSR count). The summed E-state index contributed by atoms with van der Waals surface area (Å²) in [7, 11) is 0. The van der Waals surface area contributed by atoms with Gasteiger partial charge in [-0.2, -0.15) is 0 Å². The van der Waals surface area contributed by atoms with Crippen molar-refractivity contribution in [3.63, 3.8) is 0 Å². The summed E-state index contributed by atoms with van der Waals surface area (Å²) < 4.78 is 5.71. The highest BCUT2D eigenvalue weighted by Crippen LogP contribution is 2.29. The number of carbonyl (C=O) groups is 1. The van der Waals surface area contributed by atoms with E-state index in [2.05, 4.69) is 6.92 Å². The van der Waals surface area contributed by atoms with Gasteiger partial charge < -0.3 is 9.53 Å². The van der Waals surface area contributed by atoms with Gasteiger partial charge in [-0.25, -0.2) is 0 Å². The SMILES string of the molecule is CCCCOc1ccccc1C(C)(C)C=O. The predicted molar refractivity (Wildman–Crippen MR) is 65.9 cm³/mol. The second kappa shape index (κ2) is 5.69. The molecule has 0 saturated carbocycles. The van der Waals surface area contributed by atoms with Gasteiger partial charge in [0.2, 0.25) is 0 Å². The van der Waals surface area contributed by atoms with Gasteiger partial charge in [0, 0.05) is 11.0 Å². The Morgan fingerprint density at radius 1 is 1.31 bits per heavy atom. The summed E-state index contributed by atoms with van der Waals surface area (Å²) in [6, 6.07) is 7.75. The molecule has 0 radical (unpaired) electrons. The van der Waals surface area contributed by atoms with Gasteiger partial charge in [-0.15, -0.1) is 0 Å². The Morgan fingerprint density at radius 2 is 2.00 bits per heavy atom. The Bertz CT molecular complexity index is 342. The quantitative estimate of drug-likeness (QED) is 0.543. The molecule has 0 aliphatic rings. The Labute approximate surface area is 97.6 Å². The third-order valence-electron chi connectivity index (χ3n) is 2.63. The zero-order chi connectivity index (χ0) is 12.0. The van der Waals surface area contributed by atoms with Gasteiger partial charge in [0.15, 0.2) is 0 Å². The number of hydrogen-bond donors (Lipinski definition) is 0. The minimum atomic E-state index is -0.483. The highest BCUT2D eigenvalue weighted by molar-refractivity contribution is 5.69. The first-order valence-corrected chi connectivity index (χ1v) is 5.80. The van der Waals surface area contributed by atoms with Crippen molar-refractivity contribution in [2.45, 2.75) is 39.0 Å². The van der Waals surface area contributed by atoms with E-state index in [4.69, 9.17) is 4.74 Å². The second-order valence-corrected chi connectivity index (χ2v) is 4.54. The van der Waals surface area contributed by atoms with Crippen LogP contribution >= 0.6 is 0 Å². The molecule has 0 N–H and O–H groups in total. The lowest BCUT2D eigenvalue weighted by atomic mass is 9.86. The van der Waals surface area contributed by atoms with E-state index < -0.39 is 5.41 Å². The van der Waals surface area contributed by atoms with Gasteiger partial charge in [0.05, 0.1) is 6.61 Å². The number of unbranched alkanes of at least 4 members (excludes halogenated alkanes) is 1. The van der Waals surface area contributed by atoms with Crippen LogP contribution in [0.3, 0.4) is 0 Å². The zero-order valence-corrected chi connectivity index (χ0v) is 10.3. The van der Waals surface area contributed by atoms with Crippen molar-refractivity contribution in [2.24, 2.45) is 0 Å². The van der Waals surface area contributed by atoms with E-state index in [1.165, 1.54) is 0 Å². The van der Waals surface area contributed by atoms with Crippen LogP contribution < -0.4 is 4.74 Å². The molecule has 0 aromatic heterocycles. The molecule has 0 fully saturated rings. The topological polar surface area (TPSA) is 26.3 Å². The van der Waals surface area contributed by atoms with E-state index in [-0.39, 0.29) is 0 Å². The molecule has 0 atom stereocenters. The standard InChI is InChI=1S/C14H20O2/c1-4-5-10-16-13-9-7-6-8-12(13)14(2,3)11-15/h6-9,11H,4-5,10H2,1-3H3. The van der Waals surface area contributed by atoms with Crippen molar-refractivity contribution in [2.75, 3.05) is 6.61 Å². The molecule has 2 heteroatoms. The van der Waals surface area contributed by atoms with Gasteiger partial charge in [-0.05, 0) is 26.3 Å². The van der Waals surface area contributed by atoms with Gasteiger partial charge in [-0.1, -0.05) is 31.5 Å². The van der Waals surface area contributed by atoms with Gasteiger partial charge in [0.25, 0.3) is 0 Å². The van der Waals surface area contributed by atoms with Crippen LogP contribution in [0.4, 0.5) is 0 Å². The molecule has 0 aliphatic carbocycles. The molecule has 88 valence electrons. The average Bonchev–Trinajstić information content (AvgIpc) is 2.30. The van der Waals surface area contributed by atoms with Crippen LogP contribution in [-0.4, -0.2) is 12.9 Å². The maximum absolute atomic E-state index is 11.1. The summed E-state index contributed by atoms with van der Waals surface area (Å²) in [5, 5.41) is 0. The number of benzene rings is 1. The largest absolute Gasteiger partial charge is 0.493 e. The third kappa shape index (κ3) is 3.09. The van der Waals surface area contributed by atoms with Gasteiger partial charge in [-0.3, -0.25) is 0 Å². The van der Waals surface area contributed by atoms with Gasteiger partial charge >= 0.3 is 0 Å². The van der Waals surface area contributed by atoms with Crippen LogP contribution in [0.25, 0.3) is 0 Å². The first-order valence-electron chi connectivity index (χ1n) is 5.80. The lowest BCUT2D eigenvalue weighted by Crippen LogP contribution is -2.20. The summed E-state index contributed by atoms with van der Waals surface area (Å²) in [6.45, 7) is 6.65. The predicted octanol–water partition coefficient (Wildman–Crippen LogP) is 3.34. The molecular weight excluding hydrogens is 200 g/mol. The summed E-state index contributed by atoms with van der Waals surface area (Å²) in [5.41, 5.74) is 0.476. The Morgan fingerprint density at radius 3 is 2.62 bits per heavy atom. The molecule has 0 unspecified atom stereocenters. The van der Waals surface area contributed by atoms with E-state index in [0.717, 1.165) is 30.4 Å². The van der Waals surface area contributed by atoms with Gasteiger partial charge in [0.1, 0.15) is 12.0 Å². The smallest absolute Gasteiger partial charge is 0.130 e. The van der Waals surface area contributed by atoms with Crippen LogP contribution in [0.15, 0.2) is 24.3 Å². The molecular formula is C14H20O2. The average molecular weight is 220 g/mol. The molecule has 0 heterocycles. The van der Waals surface area contributed by atoms with Crippen LogP contribution in [-0.2, 0) is 10.2 Å². The highest BCUT2D eigenvalue weighted by Gasteiger charge is 2.23. The maximum atomic E-state index is 11.1. The summed E-state index contributed by atoms with van der Waals surface area (Å²) in [4.78, 5) is 11.1. The van der Waals surface area contributed by atoms with Crippen molar-refractivity contribution in [1.82, 2.24) is 0 Å². The first-order chi connectivity index (χ1) is 7.61. The lowest BCUT2D eigenvalue weighted by Gasteiger charge is -2.21. The molecule has 1 aromatic carbocycles. The van der Waals surface area contributed by atoms with Crippen LogP contribution in [0.5, 0.6) is 5.75 Å². The lowest BCUT2D eigenvalue weighted by molar-refractivity contribution is -0.111. The van der Waals surface area contributed by atoms with Crippen molar-refractivity contribution < 1.29 is 9.53 Å². The van der Waals surface area contributed by atoms with Crippen molar-refractivity contribution in [3.8, 4) is 5.75 Å². The summed E-state index contributed by atoms with van der Waals surface area (Å²) >= 11 is 0. The first kappa shape index (κ1) is 12.8. The fourth-order valence-corrected chi connectivity index (χ4v) is 1.51. The molecule has 16 heavy (non-hydrogen) atoms. The van der Waals surface area contributed by atoms with E-state index in [9.17, 15) is 4.79 Å². The van der Waals surface area contributed by atoms with Crippen LogP contribution in [0.1, 0.15) is 39.2 Å². The zero-order valence-electron chi connectivity index (χ0n) is 10.3. The highest BCUT2D eigenvalue weighted by atomic mass is 16.5. The number of rotatable bonds is 6. The van der Waals surface area contributed by atoms with E-state index in [0.29, 0.717) is 6.61 Å². The number of carbonyl (C=O) groups excluding carboxylic acids is 1. The van der Waals surface area contributed by atoms with E-state index >= 15 is 0 Å². The fraction of sp³-hybridized carbons (Fsp3) is 0.500. The number of hydrogen-bond acceptors (Lipinski definition) is 2. The molecule has 0 bridgehead atoms. The van der Waals surface area contributed by atoms with Crippen molar-refractivity contribution in [1.29, 1.82) is 0 Å². The summed E-state index contributed by atoms with van der Waals surface area (Å²) in [5.74, 6) is 0.827. The van der Waals surface area contributed by atoms with E-state index in [1.54, 1.807) is 0 Å². The monoisotopic (exact) mass is 220 g/mol. The normalized spacial score (nSPS) is 11.2. The Kier molecular flexibility index (Phi) is 4.53. The van der Waals surface area contributed by atoms with Crippen LogP contribution in [0.2, 0.25) is 0 Å². The van der Waals surface area contributed by atoms with Crippen LogP contribution in [0, 0.1) is 0 Å². The molecule has 0 spiro atoms. The molecule has 2 nitrogen and oxygen atoms in total. The molecule has 0 aliphatic heterocycles.